The van der Waals surface area contributed by atoms with Gasteiger partial charge >= 0.3 is 0 Å². The Balaban J connectivity index is 1.19. The fourth-order valence-electron chi connectivity index (χ4n) is 5.25. The molecule has 4 heterocycles. The van der Waals surface area contributed by atoms with Crippen molar-refractivity contribution in [3.8, 4) is 0 Å². The first-order valence-corrected chi connectivity index (χ1v) is 16.0. The van der Waals surface area contributed by atoms with Crippen LogP contribution in [0.2, 0.25) is 0 Å². The highest BCUT2D eigenvalue weighted by molar-refractivity contribution is 7.90. The van der Waals surface area contributed by atoms with Gasteiger partial charge in [-0.25, -0.2) is 13.4 Å². The molecule has 2 aromatic heterocycles. The molecule has 2 amide bonds. The molecule has 12 nitrogen and oxygen atoms in total. The Hall–Kier alpha value is -4.26. The summed E-state index contributed by atoms with van der Waals surface area (Å²) in [4.78, 5) is 51.5. The highest BCUT2D eigenvalue weighted by atomic mass is 32.2. The summed E-state index contributed by atoms with van der Waals surface area (Å²) >= 11 is 0. The van der Waals surface area contributed by atoms with E-state index in [9.17, 15) is 22.8 Å². The largest absolute Gasteiger partial charge is 0.368 e. The van der Waals surface area contributed by atoms with Crippen molar-refractivity contribution in [3.63, 3.8) is 0 Å². The molecule has 2 aliphatic rings. The van der Waals surface area contributed by atoms with Crippen LogP contribution in [0.3, 0.4) is 0 Å². The molecule has 0 radical (unpaired) electrons. The number of piperazine rings is 1. The van der Waals surface area contributed by atoms with E-state index in [0.717, 1.165) is 29.4 Å². The minimum Gasteiger partial charge on any atom is -0.368 e. The number of carbonyl (C=O) groups is 2. The molecule has 3 aromatic rings. The van der Waals surface area contributed by atoms with E-state index in [1.165, 1.54) is 12.1 Å². The Bertz CT molecular complexity index is 1640. The monoisotopic (exact) mass is 593 g/mol. The number of nitrogens with zero attached hydrogens (tertiary/aromatic N) is 6. The molecule has 0 atom stereocenters. The predicted molar refractivity (Wildman–Crippen MR) is 162 cm³/mol. The number of amides is 2. The van der Waals surface area contributed by atoms with Crippen molar-refractivity contribution in [2.24, 2.45) is 5.92 Å². The maximum Gasteiger partial charge on any atom is 0.252 e. The number of fused-ring (bicyclic) bond motifs is 1. The molecule has 1 N–H and O–H groups in total. The molecule has 42 heavy (non-hydrogen) atoms. The number of anilines is 3. The standard InChI is InChI=1S/C29H35N7O5S/c1-3-25(37)35-19-21(20-35)10-12-36-27(39)9-4-22-18-30-29(32-28(22)36)31-23-5-7-24(8-6-23)33-13-15-34(16-14-33)26(38)11-17-42(2,40)41/h3-9,18,21H,1,10-17,19-20H2,2H3,(H,30,31,32). The van der Waals surface area contributed by atoms with Crippen molar-refractivity contribution in [2.45, 2.75) is 19.4 Å². The van der Waals surface area contributed by atoms with Crippen LogP contribution in [0.4, 0.5) is 17.3 Å². The summed E-state index contributed by atoms with van der Waals surface area (Å²) in [5.41, 5.74) is 2.23. The van der Waals surface area contributed by atoms with E-state index in [1.54, 1.807) is 26.6 Å². The predicted octanol–water partition coefficient (Wildman–Crippen LogP) is 1.65. The number of hydrogen-bond acceptors (Lipinski definition) is 9. The first kappa shape index (κ1) is 29.2. The topological polar surface area (TPSA) is 138 Å². The van der Waals surface area contributed by atoms with Crippen molar-refractivity contribution in [2.75, 3.05) is 61.5 Å². The van der Waals surface area contributed by atoms with Gasteiger partial charge in [-0.2, -0.15) is 4.98 Å². The molecule has 5 rings (SSSR count). The molecule has 0 bridgehead atoms. The molecule has 1 aromatic carbocycles. The zero-order valence-electron chi connectivity index (χ0n) is 23.6. The average Bonchev–Trinajstić information content (AvgIpc) is 2.96. The zero-order chi connectivity index (χ0) is 29.9. The summed E-state index contributed by atoms with van der Waals surface area (Å²) in [7, 11) is -3.16. The van der Waals surface area contributed by atoms with Crippen LogP contribution in [-0.4, -0.2) is 95.8 Å². The molecule has 2 fully saturated rings. The van der Waals surface area contributed by atoms with Crippen molar-refractivity contribution >= 4 is 50.0 Å². The van der Waals surface area contributed by atoms with Gasteiger partial charge in [0.2, 0.25) is 17.8 Å². The SMILES string of the molecule is C=CC(=O)N1CC(CCn2c(=O)ccc3cnc(Nc4ccc(N5CCN(C(=O)CCS(C)(=O)=O)CC5)cc4)nc32)C1. The van der Waals surface area contributed by atoms with E-state index in [-0.39, 0.29) is 29.5 Å². The van der Waals surface area contributed by atoms with E-state index in [2.05, 4.69) is 26.8 Å². The number of sulfone groups is 1. The van der Waals surface area contributed by atoms with Crippen LogP contribution in [-0.2, 0) is 26.0 Å². The number of carbonyl (C=O) groups excluding carboxylic acids is 2. The summed E-state index contributed by atoms with van der Waals surface area (Å²) < 4.78 is 24.4. The number of aryl methyl sites for hydroxylation is 1. The molecule has 0 aliphatic carbocycles. The summed E-state index contributed by atoms with van der Waals surface area (Å²) in [6.07, 6.45) is 4.94. The minimum absolute atomic E-state index is 0.0176. The van der Waals surface area contributed by atoms with E-state index >= 15 is 0 Å². The van der Waals surface area contributed by atoms with E-state index < -0.39 is 9.84 Å². The lowest BCUT2D eigenvalue weighted by Gasteiger charge is -2.38. The Morgan fingerprint density at radius 2 is 1.76 bits per heavy atom. The maximum absolute atomic E-state index is 12.7. The average molecular weight is 594 g/mol. The molecule has 0 saturated carbocycles. The van der Waals surface area contributed by atoms with Gasteiger partial charge in [0.1, 0.15) is 15.5 Å². The van der Waals surface area contributed by atoms with Gasteiger partial charge in [-0.05, 0) is 48.7 Å². The van der Waals surface area contributed by atoms with Gasteiger partial charge in [0.05, 0.1) is 5.75 Å². The second-order valence-corrected chi connectivity index (χ2v) is 13.1. The third kappa shape index (κ3) is 6.96. The molecule has 2 aliphatic heterocycles. The molecular formula is C29H35N7O5S. The molecular weight excluding hydrogens is 558 g/mol. The van der Waals surface area contributed by atoms with Crippen LogP contribution in [0.1, 0.15) is 12.8 Å². The number of pyridine rings is 1. The van der Waals surface area contributed by atoms with Gasteiger partial charge in [0, 0.05) is 87.5 Å². The normalized spacial score (nSPS) is 15.9. The quantitative estimate of drug-likeness (QED) is 0.348. The van der Waals surface area contributed by atoms with Crippen molar-refractivity contribution in [3.05, 3.63) is 65.6 Å². The first-order valence-electron chi connectivity index (χ1n) is 13.9. The molecule has 222 valence electrons. The number of aromatic nitrogens is 3. The third-order valence-corrected chi connectivity index (χ3v) is 8.68. The number of benzene rings is 1. The number of nitrogens with one attached hydrogen (secondary N) is 1. The smallest absolute Gasteiger partial charge is 0.252 e. The van der Waals surface area contributed by atoms with Crippen molar-refractivity contribution < 1.29 is 18.0 Å². The Kier molecular flexibility index (Phi) is 8.57. The fraction of sp³-hybridized carbons (Fsp3) is 0.414. The van der Waals surface area contributed by atoms with Gasteiger partial charge in [-0.15, -0.1) is 0 Å². The summed E-state index contributed by atoms with van der Waals surface area (Å²) in [5.74, 6) is 0.385. The van der Waals surface area contributed by atoms with Crippen molar-refractivity contribution in [1.82, 2.24) is 24.3 Å². The Labute approximate surface area is 244 Å². The van der Waals surface area contributed by atoms with Crippen LogP contribution in [0.15, 0.2) is 60.0 Å². The number of likely N-dealkylation sites (tertiary alicyclic amines) is 1. The van der Waals surface area contributed by atoms with Gasteiger partial charge in [-0.3, -0.25) is 19.0 Å². The lowest BCUT2D eigenvalue weighted by molar-refractivity contribution is -0.132. The second-order valence-electron chi connectivity index (χ2n) is 10.8. The van der Waals surface area contributed by atoms with Gasteiger partial charge in [-0.1, -0.05) is 6.58 Å². The minimum atomic E-state index is -3.16. The van der Waals surface area contributed by atoms with E-state index in [4.69, 9.17) is 0 Å². The lowest BCUT2D eigenvalue weighted by atomic mass is 9.96. The molecule has 0 spiro atoms. The summed E-state index contributed by atoms with van der Waals surface area (Å²) in [5, 5.41) is 3.99. The van der Waals surface area contributed by atoms with Crippen LogP contribution in [0.25, 0.3) is 11.0 Å². The van der Waals surface area contributed by atoms with Crippen molar-refractivity contribution in [1.29, 1.82) is 0 Å². The lowest BCUT2D eigenvalue weighted by Crippen LogP contribution is -2.49. The summed E-state index contributed by atoms with van der Waals surface area (Å²) in [6.45, 7) is 7.76. The van der Waals surface area contributed by atoms with Gasteiger partial charge in [0.15, 0.2) is 0 Å². The van der Waals surface area contributed by atoms with Crippen LogP contribution in [0.5, 0.6) is 0 Å². The fourth-order valence-corrected chi connectivity index (χ4v) is 5.80. The molecule has 0 unspecified atom stereocenters. The van der Waals surface area contributed by atoms with Gasteiger partial charge in [0.25, 0.3) is 5.56 Å². The second kappa shape index (κ2) is 12.3. The summed E-state index contributed by atoms with van der Waals surface area (Å²) in [6, 6.07) is 11.1. The number of hydrogen-bond donors (Lipinski definition) is 1. The van der Waals surface area contributed by atoms with Crippen LogP contribution < -0.4 is 15.8 Å². The highest BCUT2D eigenvalue weighted by Gasteiger charge is 2.29. The maximum atomic E-state index is 12.7. The number of rotatable bonds is 10. The van der Waals surface area contributed by atoms with Gasteiger partial charge < -0.3 is 20.0 Å². The molecule has 13 heteroatoms. The Morgan fingerprint density at radius 1 is 1.05 bits per heavy atom. The van der Waals surface area contributed by atoms with Crippen LogP contribution in [0, 0.1) is 5.92 Å². The third-order valence-electron chi connectivity index (χ3n) is 7.74. The Morgan fingerprint density at radius 3 is 2.43 bits per heavy atom. The van der Waals surface area contributed by atoms with E-state index in [0.29, 0.717) is 63.3 Å². The molecule has 2 saturated heterocycles. The van der Waals surface area contributed by atoms with Crippen LogP contribution >= 0.6 is 0 Å². The first-order chi connectivity index (χ1) is 20.1. The highest BCUT2D eigenvalue weighted by Crippen LogP contribution is 2.23. The zero-order valence-corrected chi connectivity index (χ0v) is 24.4. The van der Waals surface area contributed by atoms with E-state index in [1.807, 2.05) is 24.3 Å².